The zero-order valence-electron chi connectivity index (χ0n) is 19.7. The van der Waals surface area contributed by atoms with Gasteiger partial charge in [0.1, 0.15) is 12.4 Å². The maximum Gasteiger partial charge on any atom is 0.275 e. The number of carbonyl (C=O) groups is 1. The highest BCUT2D eigenvalue weighted by molar-refractivity contribution is 9.10. The number of hydrogen-bond acceptors (Lipinski definition) is 7. The lowest BCUT2D eigenvalue weighted by Crippen LogP contribution is -2.18. The molecule has 0 radical (unpaired) electrons. The number of rotatable bonds is 9. The summed E-state index contributed by atoms with van der Waals surface area (Å²) in [7, 11) is 0. The number of nitro benzene ring substituents is 1. The van der Waals surface area contributed by atoms with Crippen molar-refractivity contribution in [3.05, 3.63) is 104 Å². The van der Waals surface area contributed by atoms with Gasteiger partial charge in [-0.2, -0.15) is 5.10 Å². The maximum absolute atomic E-state index is 12.4. The smallest absolute Gasteiger partial charge is 0.275 e. The third kappa shape index (κ3) is 6.04. The molecule has 2 N–H and O–H groups in total. The quantitative estimate of drug-likeness (QED) is 0.147. The van der Waals surface area contributed by atoms with Gasteiger partial charge < -0.3 is 14.6 Å². The molecule has 0 bridgehead atoms. The standard InChI is InChI=1S/C27H22BrN3O6/c1-2-36-25-13-17(15-29-30-27(33)22-14-20(31(34)35)10-11-24(22)32)12-23(28)26(25)37-16-19-8-5-7-18-6-3-4-9-21(18)19/h3-15,32H,2,16H2,1H3,(H,30,33)/b29-15-. The first-order chi connectivity index (χ1) is 17.9. The van der Waals surface area contributed by atoms with E-state index < -0.39 is 16.6 Å². The molecule has 0 spiro atoms. The summed E-state index contributed by atoms with van der Waals surface area (Å²) >= 11 is 3.53. The Kier molecular flexibility index (Phi) is 7.99. The van der Waals surface area contributed by atoms with Gasteiger partial charge in [-0.25, -0.2) is 5.43 Å². The Morgan fingerprint density at radius 3 is 2.68 bits per heavy atom. The summed E-state index contributed by atoms with van der Waals surface area (Å²) in [5.41, 5.74) is 3.30. The molecule has 4 rings (SSSR count). The van der Waals surface area contributed by atoms with Gasteiger partial charge in [-0.1, -0.05) is 42.5 Å². The average Bonchev–Trinajstić information content (AvgIpc) is 2.88. The first-order valence-electron chi connectivity index (χ1n) is 11.2. The van der Waals surface area contributed by atoms with Crippen LogP contribution in [0.25, 0.3) is 10.8 Å². The molecule has 0 atom stereocenters. The molecule has 10 heteroatoms. The molecule has 188 valence electrons. The van der Waals surface area contributed by atoms with Crippen LogP contribution in [0.5, 0.6) is 17.2 Å². The van der Waals surface area contributed by atoms with Gasteiger partial charge in [-0.05, 0) is 63.0 Å². The molecule has 4 aromatic rings. The number of nitrogens with one attached hydrogen (secondary N) is 1. The van der Waals surface area contributed by atoms with Gasteiger partial charge in [0.05, 0.1) is 27.8 Å². The summed E-state index contributed by atoms with van der Waals surface area (Å²) in [6.07, 6.45) is 1.38. The van der Waals surface area contributed by atoms with E-state index in [1.807, 2.05) is 49.4 Å². The van der Waals surface area contributed by atoms with Gasteiger partial charge in [-0.15, -0.1) is 0 Å². The molecule has 4 aromatic carbocycles. The van der Waals surface area contributed by atoms with Crippen molar-refractivity contribution in [3.8, 4) is 17.2 Å². The van der Waals surface area contributed by atoms with E-state index in [0.29, 0.717) is 34.7 Å². The molecule has 0 aliphatic rings. The number of amides is 1. The Bertz CT molecular complexity index is 1500. The lowest BCUT2D eigenvalue weighted by molar-refractivity contribution is -0.384. The number of non-ortho nitro benzene ring substituents is 1. The van der Waals surface area contributed by atoms with Crippen molar-refractivity contribution in [3.63, 3.8) is 0 Å². The number of nitrogens with zero attached hydrogens (tertiary/aromatic N) is 2. The minimum atomic E-state index is -0.795. The van der Waals surface area contributed by atoms with E-state index in [9.17, 15) is 20.0 Å². The highest BCUT2D eigenvalue weighted by Gasteiger charge is 2.17. The van der Waals surface area contributed by atoms with Crippen LogP contribution in [0.3, 0.4) is 0 Å². The molecule has 37 heavy (non-hydrogen) atoms. The van der Waals surface area contributed by atoms with Crippen molar-refractivity contribution in [1.82, 2.24) is 5.43 Å². The SMILES string of the molecule is CCOc1cc(/C=N\NC(=O)c2cc([N+](=O)[O-])ccc2O)cc(Br)c1OCc1cccc2ccccc12. The van der Waals surface area contributed by atoms with Gasteiger partial charge in [-0.3, -0.25) is 14.9 Å². The minimum Gasteiger partial charge on any atom is -0.507 e. The van der Waals surface area contributed by atoms with Gasteiger partial charge in [0.2, 0.25) is 0 Å². The molecule has 0 aliphatic heterocycles. The predicted octanol–water partition coefficient (Wildman–Crippen LogP) is 5.96. The second kappa shape index (κ2) is 11.5. The van der Waals surface area contributed by atoms with Gasteiger partial charge in [0.15, 0.2) is 11.5 Å². The predicted molar refractivity (Wildman–Crippen MR) is 143 cm³/mol. The Morgan fingerprint density at radius 1 is 1.11 bits per heavy atom. The number of halogens is 1. The number of carbonyl (C=O) groups excluding carboxylic acids is 1. The zero-order chi connectivity index (χ0) is 26.4. The van der Waals surface area contributed by atoms with E-state index in [1.165, 1.54) is 6.21 Å². The molecular formula is C27H22BrN3O6. The van der Waals surface area contributed by atoms with E-state index in [2.05, 4.69) is 26.5 Å². The van der Waals surface area contributed by atoms with Crippen LogP contribution in [0.4, 0.5) is 5.69 Å². The lowest BCUT2D eigenvalue weighted by atomic mass is 10.1. The Balaban J connectivity index is 1.51. The molecule has 0 unspecified atom stereocenters. The van der Waals surface area contributed by atoms with Crippen LogP contribution >= 0.6 is 15.9 Å². The maximum atomic E-state index is 12.4. The molecular weight excluding hydrogens is 542 g/mol. The summed E-state index contributed by atoms with van der Waals surface area (Å²) in [6.45, 7) is 2.59. The van der Waals surface area contributed by atoms with E-state index in [-0.39, 0.29) is 11.3 Å². The van der Waals surface area contributed by atoms with Crippen molar-refractivity contribution in [2.75, 3.05) is 6.61 Å². The number of nitro groups is 1. The Hall–Kier alpha value is -4.44. The average molecular weight is 564 g/mol. The summed E-state index contributed by atoms with van der Waals surface area (Å²) in [5, 5.41) is 27.0. The monoisotopic (exact) mass is 563 g/mol. The fourth-order valence-corrected chi connectivity index (χ4v) is 4.25. The molecule has 0 heterocycles. The molecule has 0 aliphatic carbocycles. The van der Waals surface area contributed by atoms with E-state index in [4.69, 9.17) is 9.47 Å². The Labute approximate surface area is 220 Å². The largest absolute Gasteiger partial charge is 0.507 e. The van der Waals surface area contributed by atoms with Crippen molar-refractivity contribution in [2.45, 2.75) is 13.5 Å². The molecule has 1 amide bonds. The number of hydrogen-bond donors (Lipinski definition) is 2. The fraction of sp³-hybridized carbons (Fsp3) is 0.111. The van der Waals surface area contributed by atoms with Crippen molar-refractivity contribution in [1.29, 1.82) is 0 Å². The summed E-state index contributed by atoms with van der Waals surface area (Å²) < 4.78 is 12.6. The first-order valence-corrected chi connectivity index (χ1v) is 12.0. The summed E-state index contributed by atoms with van der Waals surface area (Å²) in [4.78, 5) is 22.7. The second-order valence-electron chi connectivity index (χ2n) is 7.85. The number of ether oxygens (including phenoxy) is 2. The number of aromatic hydroxyl groups is 1. The van der Waals surface area contributed by atoms with Gasteiger partial charge in [0.25, 0.3) is 11.6 Å². The van der Waals surface area contributed by atoms with E-state index >= 15 is 0 Å². The Morgan fingerprint density at radius 2 is 1.89 bits per heavy atom. The highest BCUT2D eigenvalue weighted by atomic mass is 79.9. The second-order valence-corrected chi connectivity index (χ2v) is 8.70. The van der Waals surface area contributed by atoms with Crippen molar-refractivity contribution in [2.24, 2.45) is 5.10 Å². The molecule has 0 aromatic heterocycles. The third-order valence-electron chi connectivity index (χ3n) is 5.40. The highest BCUT2D eigenvalue weighted by Crippen LogP contribution is 2.37. The van der Waals surface area contributed by atoms with E-state index in [1.54, 1.807) is 12.1 Å². The topological polar surface area (TPSA) is 123 Å². The van der Waals surface area contributed by atoms with E-state index in [0.717, 1.165) is 34.5 Å². The summed E-state index contributed by atoms with van der Waals surface area (Å²) in [6, 6.07) is 20.8. The zero-order valence-corrected chi connectivity index (χ0v) is 21.3. The minimum absolute atomic E-state index is 0.264. The molecule has 9 nitrogen and oxygen atoms in total. The van der Waals surface area contributed by atoms with Crippen LogP contribution in [0.15, 0.2) is 82.4 Å². The van der Waals surface area contributed by atoms with Crippen LogP contribution < -0.4 is 14.9 Å². The van der Waals surface area contributed by atoms with Crippen LogP contribution in [0.1, 0.15) is 28.4 Å². The van der Waals surface area contributed by atoms with Gasteiger partial charge >= 0.3 is 0 Å². The van der Waals surface area contributed by atoms with Crippen LogP contribution in [0.2, 0.25) is 0 Å². The third-order valence-corrected chi connectivity index (χ3v) is 5.99. The number of hydrazone groups is 1. The van der Waals surface area contributed by atoms with Crippen LogP contribution in [-0.4, -0.2) is 28.8 Å². The number of phenolic OH excluding ortho intramolecular Hbond substituents is 1. The van der Waals surface area contributed by atoms with Crippen molar-refractivity contribution >= 4 is 44.5 Å². The molecule has 0 saturated carbocycles. The lowest BCUT2D eigenvalue weighted by Gasteiger charge is -2.15. The van der Waals surface area contributed by atoms with Crippen molar-refractivity contribution < 1.29 is 24.3 Å². The number of fused-ring (bicyclic) bond motifs is 1. The normalized spacial score (nSPS) is 11.0. The van der Waals surface area contributed by atoms with Crippen LogP contribution in [0, 0.1) is 10.1 Å². The number of phenols is 1. The molecule has 0 fully saturated rings. The fourth-order valence-electron chi connectivity index (χ4n) is 3.68. The van der Waals surface area contributed by atoms with Gasteiger partial charge in [0, 0.05) is 12.1 Å². The first kappa shape index (κ1) is 25.6. The van der Waals surface area contributed by atoms with Crippen LogP contribution in [-0.2, 0) is 6.61 Å². The summed E-state index contributed by atoms with van der Waals surface area (Å²) in [5.74, 6) is -0.178. The molecule has 0 saturated heterocycles. The number of benzene rings is 4.